The number of rotatable bonds is 7. The number of hydrogen-bond acceptors (Lipinski definition) is 4. The molecule has 6 heteroatoms. The Bertz CT molecular complexity index is 942. The highest BCUT2D eigenvalue weighted by atomic mass is 16.5. The van der Waals surface area contributed by atoms with E-state index in [1.54, 1.807) is 0 Å². The van der Waals surface area contributed by atoms with Gasteiger partial charge in [0.05, 0.1) is 11.3 Å². The van der Waals surface area contributed by atoms with Crippen LogP contribution >= 0.6 is 0 Å². The highest BCUT2D eigenvalue weighted by Crippen LogP contribution is 2.27. The summed E-state index contributed by atoms with van der Waals surface area (Å²) < 4.78 is 11.0. The largest absolute Gasteiger partial charge is 0.487 e. The fraction of sp³-hybridized carbons (Fsp3) is 0.0909. The van der Waals surface area contributed by atoms with E-state index in [0.717, 1.165) is 11.1 Å². The minimum atomic E-state index is -1.10. The molecular formula is C22H19NO5. The Kier molecular flexibility index (Phi) is 6.25. The van der Waals surface area contributed by atoms with E-state index >= 15 is 0 Å². The summed E-state index contributed by atoms with van der Waals surface area (Å²) in [5.74, 6) is -0.749. The zero-order chi connectivity index (χ0) is 19.8. The van der Waals surface area contributed by atoms with Crippen LogP contribution in [0.1, 0.15) is 21.5 Å². The molecule has 0 bridgehead atoms. The number of carboxylic acid groups (broad SMARTS) is 1. The van der Waals surface area contributed by atoms with Crippen molar-refractivity contribution in [1.82, 2.24) is 0 Å². The number of hydrogen-bond donors (Lipinski definition) is 2. The second kappa shape index (κ2) is 9.23. The number of carbonyl (C=O) groups excluding carboxylic acids is 1. The molecule has 2 N–H and O–H groups in total. The van der Waals surface area contributed by atoms with Gasteiger partial charge in [-0.15, -0.1) is 0 Å². The first-order valence-electron chi connectivity index (χ1n) is 8.63. The van der Waals surface area contributed by atoms with Crippen molar-refractivity contribution in [1.29, 1.82) is 0 Å². The van der Waals surface area contributed by atoms with Gasteiger partial charge in [0.1, 0.15) is 19.0 Å². The van der Waals surface area contributed by atoms with E-state index in [2.05, 4.69) is 5.32 Å². The molecule has 3 rings (SSSR count). The topological polar surface area (TPSA) is 84.9 Å². The zero-order valence-corrected chi connectivity index (χ0v) is 15.0. The third-order valence-corrected chi connectivity index (χ3v) is 3.91. The molecule has 0 heterocycles. The fourth-order valence-electron chi connectivity index (χ4n) is 2.49. The average Bonchev–Trinajstić information content (AvgIpc) is 2.72. The number of nitrogens with one attached hydrogen (secondary N) is 1. The molecule has 0 unspecified atom stereocenters. The van der Waals surface area contributed by atoms with E-state index in [-0.39, 0.29) is 24.5 Å². The Balaban J connectivity index is 1.70. The lowest BCUT2D eigenvalue weighted by Crippen LogP contribution is -2.15. The van der Waals surface area contributed by atoms with Crippen molar-refractivity contribution in [3.05, 3.63) is 95.6 Å². The highest BCUT2D eigenvalue weighted by molar-refractivity contribution is 5.93. The van der Waals surface area contributed by atoms with Gasteiger partial charge in [-0.05, 0) is 29.3 Å². The van der Waals surface area contributed by atoms with Crippen LogP contribution in [0.15, 0.2) is 78.9 Å². The van der Waals surface area contributed by atoms with Gasteiger partial charge in [-0.25, -0.2) is 9.59 Å². The van der Waals surface area contributed by atoms with Crippen molar-refractivity contribution in [3.63, 3.8) is 0 Å². The molecule has 28 heavy (non-hydrogen) atoms. The second-order valence-corrected chi connectivity index (χ2v) is 5.98. The molecule has 0 saturated heterocycles. The Morgan fingerprint density at radius 1 is 0.821 bits per heavy atom. The Labute approximate surface area is 162 Å². The van der Waals surface area contributed by atoms with E-state index < -0.39 is 12.1 Å². The van der Waals surface area contributed by atoms with Crippen LogP contribution in [-0.2, 0) is 18.0 Å². The number of amides is 1. The quantitative estimate of drug-likeness (QED) is 0.623. The van der Waals surface area contributed by atoms with Crippen molar-refractivity contribution in [2.45, 2.75) is 13.2 Å². The van der Waals surface area contributed by atoms with Gasteiger partial charge < -0.3 is 14.6 Å². The Hall–Kier alpha value is -3.80. The molecular weight excluding hydrogens is 358 g/mol. The molecule has 0 spiro atoms. The molecule has 6 nitrogen and oxygen atoms in total. The van der Waals surface area contributed by atoms with Crippen molar-refractivity contribution in [3.8, 4) is 5.75 Å². The number of carboxylic acids is 1. The van der Waals surface area contributed by atoms with Crippen molar-refractivity contribution in [2.75, 3.05) is 5.32 Å². The molecule has 0 atom stereocenters. The summed E-state index contributed by atoms with van der Waals surface area (Å²) >= 11 is 0. The number of carbonyl (C=O) groups is 2. The maximum absolute atomic E-state index is 12.2. The van der Waals surface area contributed by atoms with Crippen molar-refractivity contribution >= 4 is 17.7 Å². The average molecular weight is 377 g/mol. The van der Waals surface area contributed by atoms with Gasteiger partial charge in [0.15, 0.2) is 0 Å². The maximum atomic E-state index is 12.2. The third kappa shape index (κ3) is 5.35. The fourth-order valence-corrected chi connectivity index (χ4v) is 2.49. The highest BCUT2D eigenvalue weighted by Gasteiger charge is 2.13. The molecule has 0 aliphatic rings. The Morgan fingerprint density at radius 2 is 1.43 bits per heavy atom. The summed E-state index contributed by atoms with van der Waals surface area (Å²) in [5.41, 5.74) is 2.05. The number of benzene rings is 3. The lowest BCUT2D eigenvalue weighted by molar-refractivity contribution is 0.0696. The molecule has 3 aromatic rings. The van der Waals surface area contributed by atoms with E-state index in [1.165, 1.54) is 18.2 Å². The predicted octanol–water partition coefficient (Wildman–Crippen LogP) is 4.71. The van der Waals surface area contributed by atoms with Gasteiger partial charge in [0.25, 0.3) is 0 Å². The van der Waals surface area contributed by atoms with Crippen LogP contribution in [-0.4, -0.2) is 17.2 Å². The number of ether oxygens (including phenoxy) is 2. The normalized spacial score (nSPS) is 10.1. The van der Waals surface area contributed by atoms with Crippen molar-refractivity contribution < 1.29 is 24.2 Å². The predicted molar refractivity (Wildman–Crippen MR) is 104 cm³/mol. The number of anilines is 1. The first-order valence-corrected chi connectivity index (χ1v) is 8.63. The van der Waals surface area contributed by atoms with E-state index in [0.29, 0.717) is 5.75 Å². The van der Waals surface area contributed by atoms with Crippen LogP contribution in [0, 0.1) is 0 Å². The summed E-state index contributed by atoms with van der Waals surface area (Å²) in [4.78, 5) is 23.4. The molecule has 0 aliphatic carbocycles. The minimum absolute atomic E-state index is 0.0328. The van der Waals surface area contributed by atoms with Gasteiger partial charge in [-0.1, -0.05) is 60.7 Å². The van der Waals surface area contributed by atoms with Gasteiger partial charge in [0.2, 0.25) is 0 Å². The van der Waals surface area contributed by atoms with Gasteiger partial charge in [-0.2, -0.15) is 0 Å². The lowest BCUT2D eigenvalue weighted by atomic mass is 10.2. The second-order valence-electron chi connectivity index (χ2n) is 5.98. The molecule has 0 radical (unpaired) electrons. The van der Waals surface area contributed by atoms with Crippen LogP contribution in [0.3, 0.4) is 0 Å². The van der Waals surface area contributed by atoms with Gasteiger partial charge in [-0.3, -0.25) is 5.32 Å². The summed E-state index contributed by atoms with van der Waals surface area (Å²) in [6.45, 7) is 0.381. The summed E-state index contributed by atoms with van der Waals surface area (Å²) in [6, 6.07) is 23.0. The molecule has 0 aromatic heterocycles. The SMILES string of the molecule is O=C(Nc1cc(C(=O)O)ccc1OCc1ccccc1)OCc1ccccc1. The maximum Gasteiger partial charge on any atom is 0.412 e. The van der Waals surface area contributed by atoms with Crippen LogP contribution in [0.25, 0.3) is 0 Å². The first kappa shape index (κ1) is 19.0. The third-order valence-electron chi connectivity index (χ3n) is 3.91. The molecule has 3 aromatic carbocycles. The smallest absolute Gasteiger partial charge is 0.412 e. The zero-order valence-electron chi connectivity index (χ0n) is 15.0. The molecule has 0 aliphatic heterocycles. The van der Waals surface area contributed by atoms with Crippen LogP contribution in [0.2, 0.25) is 0 Å². The monoisotopic (exact) mass is 377 g/mol. The summed E-state index contributed by atoms with van der Waals surface area (Å²) in [5, 5.41) is 11.8. The summed E-state index contributed by atoms with van der Waals surface area (Å²) in [6.07, 6.45) is -0.698. The van der Waals surface area contributed by atoms with Crippen LogP contribution < -0.4 is 10.1 Å². The lowest BCUT2D eigenvalue weighted by Gasteiger charge is -2.14. The Morgan fingerprint density at radius 3 is 2.04 bits per heavy atom. The van der Waals surface area contributed by atoms with Gasteiger partial charge in [0, 0.05) is 0 Å². The van der Waals surface area contributed by atoms with E-state index in [4.69, 9.17) is 9.47 Å². The minimum Gasteiger partial charge on any atom is -0.487 e. The molecule has 142 valence electrons. The van der Waals surface area contributed by atoms with Crippen molar-refractivity contribution in [2.24, 2.45) is 0 Å². The van der Waals surface area contributed by atoms with Crippen LogP contribution in [0.5, 0.6) is 5.75 Å². The van der Waals surface area contributed by atoms with Gasteiger partial charge >= 0.3 is 12.1 Å². The summed E-state index contributed by atoms with van der Waals surface area (Å²) in [7, 11) is 0. The van der Waals surface area contributed by atoms with E-state index in [1.807, 2.05) is 60.7 Å². The van der Waals surface area contributed by atoms with E-state index in [9.17, 15) is 14.7 Å². The molecule has 0 saturated carbocycles. The van der Waals surface area contributed by atoms with Crippen LogP contribution in [0.4, 0.5) is 10.5 Å². The molecule has 0 fully saturated rings. The first-order chi connectivity index (χ1) is 13.6. The standard InChI is InChI=1S/C22H19NO5/c24-21(25)18-11-12-20(27-14-16-7-3-1-4-8-16)19(13-18)23-22(26)28-15-17-9-5-2-6-10-17/h1-13H,14-15H2,(H,23,26)(H,24,25). The number of aromatic carboxylic acids is 1. The molecule has 1 amide bonds.